The highest BCUT2D eigenvalue weighted by Gasteiger charge is 2.11. The Labute approximate surface area is 244 Å². The van der Waals surface area contributed by atoms with E-state index < -0.39 is 0 Å². The van der Waals surface area contributed by atoms with Gasteiger partial charge < -0.3 is 27.0 Å². The zero-order chi connectivity index (χ0) is 28.5. The van der Waals surface area contributed by atoms with Crippen LogP contribution in [0, 0.1) is 0 Å². The smallest absolute Gasteiger partial charge is 0.236 e. The second-order valence-electron chi connectivity index (χ2n) is 11.7. The summed E-state index contributed by atoms with van der Waals surface area (Å²) in [4.78, 5) is 12.2. The maximum atomic E-state index is 12.2. The molecule has 0 aromatic rings. The van der Waals surface area contributed by atoms with Crippen LogP contribution in [0.25, 0.3) is 0 Å². The van der Waals surface area contributed by atoms with Crippen molar-refractivity contribution in [1.29, 1.82) is 0 Å². The van der Waals surface area contributed by atoms with E-state index in [-0.39, 0.29) is 11.9 Å². The van der Waals surface area contributed by atoms with Crippen LogP contribution in [0.3, 0.4) is 0 Å². The van der Waals surface area contributed by atoms with Gasteiger partial charge in [0, 0.05) is 6.54 Å². The van der Waals surface area contributed by atoms with Crippen molar-refractivity contribution in [3.63, 3.8) is 0 Å². The summed E-state index contributed by atoms with van der Waals surface area (Å²) in [6, 6.07) is -0.371. The van der Waals surface area contributed by atoms with Gasteiger partial charge in [0.1, 0.15) is 0 Å². The zero-order valence-electron chi connectivity index (χ0n) is 26.6. The van der Waals surface area contributed by atoms with Crippen LogP contribution in [0.5, 0.6) is 0 Å². The molecule has 0 radical (unpaired) electrons. The lowest BCUT2D eigenvalue weighted by molar-refractivity contribution is -0.122. The Morgan fingerprint density at radius 3 is 1.31 bits per heavy atom. The van der Waals surface area contributed by atoms with Gasteiger partial charge in [-0.3, -0.25) is 4.79 Å². The molecule has 0 rings (SSSR count). The van der Waals surface area contributed by atoms with Crippen molar-refractivity contribution in [1.82, 2.24) is 21.3 Å². The molecule has 6 N–H and O–H groups in total. The minimum atomic E-state index is -0.371. The molecule has 0 saturated heterocycles. The summed E-state index contributed by atoms with van der Waals surface area (Å²) in [5.41, 5.74) is 6.08. The standard InChI is InChI=1S/C33H71N5O/c1-3-5-7-8-9-10-11-12-13-14-15-16-17-19-26-36-27-20-18-24-32(34)33(39)38-31-23-30-37-29-22-21-28-35-25-6-4-2/h32,35-37H,3-31,34H2,1-2H3,(H,38,39)/t32-/m0/s1. The van der Waals surface area contributed by atoms with Gasteiger partial charge in [-0.05, 0) is 84.2 Å². The van der Waals surface area contributed by atoms with Crippen molar-refractivity contribution >= 4 is 5.91 Å². The van der Waals surface area contributed by atoms with Gasteiger partial charge in [-0.1, -0.05) is 110 Å². The number of unbranched alkanes of at least 4 members (excludes halogenated alkanes) is 16. The maximum Gasteiger partial charge on any atom is 0.236 e. The average Bonchev–Trinajstić information content (AvgIpc) is 2.94. The van der Waals surface area contributed by atoms with E-state index in [1.54, 1.807) is 0 Å². The number of hydrogen-bond donors (Lipinski definition) is 5. The van der Waals surface area contributed by atoms with Crippen LogP contribution in [0.1, 0.15) is 155 Å². The molecule has 0 aromatic heterocycles. The molecule has 0 bridgehead atoms. The highest BCUT2D eigenvalue weighted by atomic mass is 16.2. The fourth-order valence-electron chi connectivity index (χ4n) is 4.92. The molecule has 0 aliphatic heterocycles. The number of carbonyl (C=O) groups excluding carboxylic acids is 1. The Morgan fingerprint density at radius 1 is 0.462 bits per heavy atom. The SMILES string of the molecule is CCCCCCCCCCCCCCCCNCCCC[C@H](N)C(=O)NCCCNCCCCNCCCC. The molecular weight excluding hydrogens is 482 g/mol. The summed E-state index contributed by atoms with van der Waals surface area (Å²) in [7, 11) is 0. The number of nitrogens with two attached hydrogens (primary N) is 1. The molecule has 0 saturated carbocycles. The lowest BCUT2D eigenvalue weighted by atomic mass is 10.0. The Bertz CT molecular complexity index is 477. The molecule has 0 spiro atoms. The number of hydrogen-bond acceptors (Lipinski definition) is 5. The first-order valence-electron chi connectivity index (χ1n) is 17.4. The van der Waals surface area contributed by atoms with Crippen molar-refractivity contribution in [2.45, 2.75) is 161 Å². The van der Waals surface area contributed by atoms with Gasteiger partial charge in [-0.25, -0.2) is 0 Å². The Kier molecular flexibility index (Phi) is 32.9. The van der Waals surface area contributed by atoms with Gasteiger partial charge in [0.2, 0.25) is 5.91 Å². The van der Waals surface area contributed by atoms with Crippen LogP contribution in [0.4, 0.5) is 0 Å². The summed E-state index contributed by atoms with van der Waals surface area (Å²) in [6.07, 6.45) is 28.5. The van der Waals surface area contributed by atoms with Gasteiger partial charge in [0.15, 0.2) is 0 Å². The molecule has 1 atom stereocenters. The van der Waals surface area contributed by atoms with Gasteiger partial charge in [0.05, 0.1) is 6.04 Å². The predicted octanol–water partition coefficient (Wildman–Crippen LogP) is 6.82. The third-order valence-corrected chi connectivity index (χ3v) is 7.66. The van der Waals surface area contributed by atoms with Crippen LogP contribution in [-0.2, 0) is 4.79 Å². The molecule has 6 nitrogen and oxygen atoms in total. The quantitative estimate of drug-likeness (QED) is 0.0575. The fourth-order valence-corrected chi connectivity index (χ4v) is 4.92. The normalized spacial score (nSPS) is 12.2. The highest BCUT2D eigenvalue weighted by Crippen LogP contribution is 2.12. The van der Waals surface area contributed by atoms with Gasteiger partial charge >= 0.3 is 0 Å². The van der Waals surface area contributed by atoms with Crippen LogP contribution >= 0.6 is 0 Å². The van der Waals surface area contributed by atoms with E-state index >= 15 is 0 Å². The maximum absolute atomic E-state index is 12.2. The number of nitrogens with one attached hydrogen (secondary N) is 4. The minimum absolute atomic E-state index is 0.00326. The van der Waals surface area contributed by atoms with E-state index in [1.807, 2.05) is 0 Å². The minimum Gasteiger partial charge on any atom is -0.355 e. The number of carbonyl (C=O) groups is 1. The van der Waals surface area contributed by atoms with Crippen LogP contribution < -0.4 is 27.0 Å². The summed E-state index contributed by atoms with van der Waals surface area (Å²) >= 11 is 0. The summed E-state index contributed by atoms with van der Waals surface area (Å²) in [5, 5.41) is 13.5. The molecule has 39 heavy (non-hydrogen) atoms. The molecule has 0 aliphatic rings. The third-order valence-electron chi connectivity index (χ3n) is 7.66. The van der Waals surface area contributed by atoms with Gasteiger partial charge in [-0.2, -0.15) is 0 Å². The Hall–Kier alpha value is -0.690. The summed E-state index contributed by atoms with van der Waals surface area (Å²) in [6.45, 7) is 11.6. The molecule has 0 aromatic carbocycles. The molecule has 0 fully saturated rings. The molecule has 0 unspecified atom stereocenters. The van der Waals surface area contributed by atoms with Gasteiger partial charge in [0.25, 0.3) is 0 Å². The molecule has 0 heterocycles. The van der Waals surface area contributed by atoms with E-state index in [9.17, 15) is 4.79 Å². The second-order valence-corrected chi connectivity index (χ2v) is 11.7. The topological polar surface area (TPSA) is 91.2 Å². The number of amides is 1. The molecule has 1 amide bonds. The van der Waals surface area contributed by atoms with Crippen molar-refractivity contribution < 1.29 is 4.79 Å². The van der Waals surface area contributed by atoms with Gasteiger partial charge in [-0.15, -0.1) is 0 Å². The largest absolute Gasteiger partial charge is 0.355 e. The fraction of sp³-hybridized carbons (Fsp3) is 0.970. The predicted molar refractivity (Wildman–Crippen MR) is 173 cm³/mol. The van der Waals surface area contributed by atoms with Crippen LogP contribution in [0.2, 0.25) is 0 Å². The first kappa shape index (κ1) is 38.3. The van der Waals surface area contributed by atoms with Crippen LogP contribution in [0.15, 0.2) is 0 Å². The lowest BCUT2D eigenvalue weighted by Crippen LogP contribution is -2.41. The summed E-state index contributed by atoms with van der Waals surface area (Å²) < 4.78 is 0. The Morgan fingerprint density at radius 2 is 0.821 bits per heavy atom. The van der Waals surface area contributed by atoms with Crippen LogP contribution in [-0.4, -0.2) is 57.8 Å². The van der Waals surface area contributed by atoms with Crippen molar-refractivity contribution in [3.8, 4) is 0 Å². The molecule has 234 valence electrons. The monoisotopic (exact) mass is 554 g/mol. The van der Waals surface area contributed by atoms with E-state index in [0.717, 1.165) is 65.0 Å². The highest BCUT2D eigenvalue weighted by molar-refractivity contribution is 5.81. The van der Waals surface area contributed by atoms with Crippen molar-refractivity contribution in [2.75, 3.05) is 45.8 Å². The Balaban J connectivity index is 3.25. The van der Waals surface area contributed by atoms with E-state index in [4.69, 9.17) is 5.73 Å². The zero-order valence-corrected chi connectivity index (χ0v) is 26.6. The lowest BCUT2D eigenvalue weighted by Gasteiger charge is -2.12. The first-order valence-corrected chi connectivity index (χ1v) is 17.4. The molecule has 6 heteroatoms. The third kappa shape index (κ3) is 31.7. The molecule has 0 aliphatic carbocycles. The first-order chi connectivity index (χ1) is 19.2. The van der Waals surface area contributed by atoms with E-state index in [1.165, 1.54) is 116 Å². The van der Waals surface area contributed by atoms with E-state index in [0.29, 0.717) is 6.54 Å². The van der Waals surface area contributed by atoms with E-state index in [2.05, 4.69) is 35.1 Å². The summed E-state index contributed by atoms with van der Waals surface area (Å²) in [5.74, 6) is 0.00326. The van der Waals surface area contributed by atoms with Crippen molar-refractivity contribution in [3.05, 3.63) is 0 Å². The van der Waals surface area contributed by atoms with Crippen molar-refractivity contribution in [2.24, 2.45) is 5.73 Å². The molecular formula is C33H71N5O. The second kappa shape index (κ2) is 33.5. The number of rotatable bonds is 33. The average molecular weight is 554 g/mol.